The fourth-order valence-electron chi connectivity index (χ4n) is 1.51. The molecule has 0 fully saturated rings. The van der Waals surface area contributed by atoms with Gasteiger partial charge in [-0.05, 0) is 12.1 Å². The molecule has 0 heterocycles. The Morgan fingerprint density at radius 3 is 1.85 bits per heavy atom. The lowest BCUT2D eigenvalue weighted by atomic mass is 10.1. The molecule has 0 aromatic heterocycles. The fraction of sp³-hybridized carbons (Fsp3) is 0.308. The van der Waals surface area contributed by atoms with Gasteiger partial charge in [0.05, 0.1) is 26.9 Å². The molecule has 0 aliphatic heterocycles. The first-order valence-electron chi connectivity index (χ1n) is 5.43. The normalized spacial score (nSPS) is 12.5. The number of carbonyl (C=O) groups is 1. The first-order valence-corrected chi connectivity index (χ1v) is 5.43. The number of hydrogen-bond acceptors (Lipinski definition) is 4. The number of ether oxygens (including phenoxy) is 3. The van der Waals surface area contributed by atoms with E-state index in [1.807, 2.05) is 0 Å². The van der Waals surface area contributed by atoms with Crippen molar-refractivity contribution in [2.45, 2.75) is 6.18 Å². The van der Waals surface area contributed by atoms with Gasteiger partial charge in [0.25, 0.3) is 0 Å². The van der Waals surface area contributed by atoms with Gasteiger partial charge in [0.1, 0.15) is 0 Å². The predicted octanol–water partition coefficient (Wildman–Crippen LogP) is 2.84. The van der Waals surface area contributed by atoms with Crippen LogP contribution in [0, 0.1) is 0 Å². The van der Waals surface area contributed by atoms with E-state index in [1.165, 1.54) is 26.4 Å². The lowest BCUT2D eigenvalue weighted by molar-refractivity contribution is -0.140. The number of rotatable bonds is 4. The maximum atomic E-state index is 12.5. The summed E-state index contributed by atoms with van der Waals surface area (Å²) in [5.74, 6) is -1.02. The van der Waals surface area contributed by atoms with E-state index in [-0.39, 0.29) is 17.1 Å². The second kappa shape index (κ2) is 6.31. The number of benzene rings is 1. The van der Waals surface area contributed by atoms with E-state index < -0.39 is 17.7 Å². The lowest BCUT2D eigenvalue weighted by Crippen LogP contribution is -2.11. The molecule has 0 radical (unpaired) electrons. The number of hydrogen-bond donors (Lipinski definition) is 0. The van der Waals surface area contributed by atoms with Gasteiger partial charge < -0.3 is 14.2 Å². The highest BCUT2D eigenvalue weighted by Gasteiger charge is 2.30. The third-order valence-corrected chi connectivity index (χ3v) is 2.46. The molecule has 1 aromatic carbocycles. The molecule has 4 nitrogen and oxygen atoms in total. The molecule has 0 saturated carbocycles. The van der Waals surface area contributed by atoms with Gasteiger partial charge in [-0.3, -0.25) is 0 Å². The highest BCUT2D eigenvalue weighted by molar-refractivity contribution is 5.94. The second-order valence-corrected chi connectivity index (χ2v) is 3.63. The van der Waals surface area contributed by atoms with E-state index in [1.54, 1.807) is 0 Å². The first-order chi connectivity index (χ1) is 9.35. The summed E-state index contributed by atoms with van der Waals surface area (Å²) in [5, 5.41) is 0. The van der Waals surface area contributed by atoms with Crippen molar-refractivity contribution in [2.75, 3.05) is 21.3 Å². The van der Waals surface area contributed by atoms with Gasteiger partial charge >= 0.3 is 12.1 Å². The Morgan fingerprint density at radius 2 is 1.50 bits per heavy atom. The van der Waals surface area contributed by atoms with Crippen molar-refractivity contribution < 1.29 is 32.2 Å². The lowest BCUT2D eigenvalue weighted by Gasteiger charge is -2.13. The molecule has 1 aromatic rings. The average Bonchev–Trinajstić information content (AvgIpc) is 2.43. The Balaban J connectivity index is 3.25. The van der Waals surface area contributed by atoms with Crippen LogP contribution in [0.15, 0.2) is 30.0 Å². The molecule has 0 bridgehead atoms. The molecule has 0 N–H and O–H groups in total. The number of methoxy groups -OCH3 is 3. The zero-order chi connectivity index (χ0) is 15.3. The maximum absolute atomic E-state index is 12.5. The third kappa shape index (κ3) is 3.43. The summed E-state index contributed by atoms with van der Waals surface area (Å²) < 4.78 is 51.8. The molecule has 1 rings (SSSR count). The van der Waals surface area contributed by atoms with Crippen molar-refractivity contribution in [1.29, 1.82) is 0 Å². The monoisotopic (exact) mass is 290 g/mol. The fourth-order valence-corrected chi connectivity index (χ4v) is 1.51. The summed E-state index contributed by atoms with van der Waals surface area (Å²) in [4.78, 5) is 11.5. The summed E-state index contributed by atoms with van der Waals surface area (Å²) >= 11 is 0. The van der Waals surface area contributed by atoms with E-state index in [4.69, 9.17) is 9.47 Å². The molecular formula is C13H13F3O4. The van der Waals surface area contributed by atoms with Crippen molar-refractivity contribution in [2.24, 2.45) is 0 Å². The van der Waals surface area contributed by atoms with Crippen LogP contribution in [0.5, 0.6) is 0 Å². The van der Waals surface area contributed by atoms with Crippen molar-refractivity contribution >= 4 is 11.7 Å². The van der Waals surface area contributed by atoms with Crippen LogP contribution >= 0.6 is 0 Å². The summed E-state index contributed by atoms with van der Waals surface area (Å²) in [6.45, 7) is 0. The SMILES string of the molecule is COC(=O)/C(OC)=C(/OC)c1ccc(C(F)(F)F)cc1. The van der Waals surface area contributed by atoms with Crippen molar-refractivity contribution in [1.82, 2.24) is 0 Å². The van der Waals surface area contributed by atoms with E-state index in [0.717, 1.165) is 19.2 Å². The van der Waals surface area contributed by atoms with E-state index >= 15 is 0 Å². The topological polar surface area (TPSA) is 44.8 Å². The smallest absolute Gasteiger partial charge is 0.416 e. The molecule has 0 aliphatic rings. The zero-order valence-corrected chi connectivity index (χ0v) is 11.1. The average molecular weight is 290 g/mol. The van der Waals surface area contributed by atoms with Crippen molar-refractivity contribution in [3.8, 4) is 0 Å². The molecule has 0 amide bonds. The Kier molecular flexibility index (Phi) is 5.01. The zero-order valence-electron chi connectivity index (χ0n) is 11.1. The predicted molar refractivity (Wildman–Crippen MR) is 64.4 cm³/mol. The molecule has 0 saturated heterocycles. The van der Waals surface area contributed by atoms with Crippen LogP contribution in [-0.2, 0) is 25.2 Å². The third-order valence-electron chi connectivity index (χ3n) is 2.46. The van der Waals surface area contributed by atoms with Crippen LogP contribution < -0.4 is 0 Å². The summed E-state index contributed by atoms with van der Waals surface area (Å²) in [7, 11) is 3.66. The standard InChI is InChI=1S/C13H13F3O4/c1-18-10(11(19-2)12(17)20-3)8-4-6-9(7-5-8)13(14,15)16/h4-7H,1-3H3/b11-10-. The minimum Gasteiger partial charge on any atom is -0.492 e. The van der Waals surface area contributed by atoms with E-state index in [0.29, 0.717) is 0 Å². The first kappa shape index (κ1) is 15.9. The number of carbonyl (C=O) groups excluding carboxylic acids is 1. The Morgan fingerprint density at radius 1 is 0.950 bits per heavy atom. The van der Waals surface area contributed by atoms with Gasteiger partial charge in [0, 0.05) is 5.56 Å². The van der Waals surface area contributed by atoms with Gasteiger partial charge in [-0.2, -0.15) is 13.2 Å². The molecule has 0 aliphatic carbocycles. The van der Waals surface area contributed by atoms with E-state index in [2.05, 4.69) is 4.74 Å². The molecule has 0 atom stereocenters. The number of halogens is 3. The molecule has 7 heteroatoms. The van der Waals surface area contributed by atoms with E-state index in [9.17, 15) is 18.0 Å². The summed E-state index contributed by atoms with van der Waals surface area (Å²) in [5.41, 5.74) is -0.531. The molecule has 0 spiro atoms. The Labute approximate surface area is 113 Å². The Hall–Kier alpha value is -2.18. The highest BCUT2D eigenvalue weighted by atomic mass is 19.4. The van der Waals surface area contributed by atoms with Crippen LogP contribution in [0.3, 0.4) is 0 Å². The quantitative estimate of drug-likeness (QED) is 0.486. The molecule has 0 unspecified atom stereocenters. The number of alkyl halides is 3. The van der Waals surface area contributed by atoms with Gasteiger partial charge in [0.2, 0.25) is 5.76 Å². The van der Waals surface area contributed by atoms with Gasteiger partial charge in [-0.25, -0.2) is 4.79 Å². The van der Waals surface area contributed by atoms with Crippen molar-refractivity contribution in [3.05, 3.63) is 41.2 Å². The largest absolute Gasteiger partial charge is 0.492 e. The maximum Gasteiger partial charge on any atom is 0.416 e. The summed E-state index contributed by atoms with van der Waals surface area (Å²) in [6, 6.07) is 4.14. The minimum absolute atomic E-state index is 0.00641. The Bertz CT molecular complexity index is 503. The van der Waals surface area contributed by atoms with Crippen LogP contribution in [0.2, 0.25) is 0 Å². The van der Waals surface area contributed by atoms with Crippen LogP contribution in [0.4, 0.5) is 13.2 Å². The van der Waals surface area contributed by atoms with Gasteiger partial charge in [0.15, 0.2) is 5.76 Å². The van der Waals surface area contributed by atoms with Crippen molar-refractivity contribution in [3.63, 3.8) is 0 Å². The molecular weight excluding hydrogens is 277 g/mol. The minimum atomic E-state index is -4.43. The number of esters is 1. The van der Waals surface area contributed by atoms with Gasteiger partial charge in [-0.1, -0.05) is 12.1 Å². The second-order valence-electron chi connectivity index (χ2n) is 3.63. The molecule has 110 valence electrons. The summed E-state index contributed by atoms with van der Waals surface area (Å²) in [6.07, 6.45) is -4.43. The highest BCUT2D eigenvalue weighted by Crippen LogP contribution is 2.30. The van der Waals surface area contributed by atoms with Gasteiger partial charge in [-0.15, -0.1) is 0 Å². The molecule has 20 heavy (non-hydrogen) atoms. The van der Waals surface area contributed by atoms with Crippen LogP contribution in [-0.4, -0.2) is 27.3 Å². The van der Waals surface area contributed by atoms with Crippen LogP contribution in [0.25, 0.3) is 5.76 Å². The van der Waals surface area contributed by atoms with Crippen LogP contribution in [0.1, 0.15) is 11.1 Å².